The van der Waals surface area contributed by atoms with Crippen molar-refractivity contribution in [2.24, 2.45) is 5.73 Å². The Bertz CT molecular complexity index is 456. The van der Waals surface area contributed by atoms with Gasteiger partial charge < -0.3 is 5.73 Å². The van der Waals surface area contributed by atoms with Gasteiger partial charge in [0.25, 0.3) is 0 Å². The fourth-order valence-electron chi connectivity index (χ4n) is 1.53. The second-order valence-corrected chi connectivity index (χ2v) is 3.80. The second kappa shape index (κ2) is 4.60. The fourth-order valence-corrected chi connectivity index (χ4v) is 1.79. The van der Waals surface area contributed by atoms with Crippen molar-refractivity contribution in [3.8, 4) is 0 Å². The molecule has 16 heavy (non-hydrogen) atoms. The molecule has 0 aliphatic rings. The first kappa shape index (κ1) is 11.0. The zero-order valence-corrected chi connectivity index (χ0v) is 9.16. The fraction of sp³-hybridized carbons (Fsp3) is 0.0833. The highest BCUT2D eigenvalue weighted by Crippen LogP contribution is 2.27. The van der Waals surface area contributed by atoms with Gasteiger partial charge in [-0.15, -0.1) is 0 Å². The molecule has 2 aromatic rings. The predicted molar refractivity (Wildman–Crippen MR) is 61.7 cm³/mol. The highest BCUT2D eigenvalue weighted by Gasteiger charge is 2.15. The molecule has 0 aliphatic carbocycles. The molecule has 4 heteroatoms. The van der Waals surface area contributed by atoms with Crippen LogP contribution in [0.2, 0.25) is 5.02 Å². The molecule has 2 nitrogen and oxygen atoms in total. The zero-order valence-electron chi connectivity index (χ0n) is 8.40. The molecule has 0 aliphatic heterocycles. The monoisotopic (exact) mass is 236 g/mol. The van der Waals surface area contributed by atoms with Crippen LogP contribution in [0.15, 0.2) is 42.7 Å². The SMILES string of the molecule is NC(c1ccncc1F)c1ccccc1Cl. The summed E-state index contributed by atoms with van der Waals surface area (Å²) in [5.74, 6) is -0.421. The van der Waals surface area contributed by atoms with Crippen LogP contribution in [0.5, 0.6) is 0 Å². The Morgan fingerprint density at radius 1 is 1.19 bits per heavy atom. The molecule has 0 saturated heterocycles. The molecule has 0 fully saturated rings. The second-order valence-electron chi connectivity index (χ2n) is 3.40. The van der Waals surface area contributed by atoms with Gasteiger partial charge >= 0.3 is 0 Å². The van der Waals surface area contributed by atoms with Gasteiger partial charge in [-0.1, -0.05) is 29.8 Å². The quantitative estimate of drug-likeness (QED) is 0.871. The van der Waals surface area contributed by atoms with Crippen LogP contribution in [0.25, 0.3) is 0 Å². The van der Waals surface area contributed by atoms with Gasteiger partial charge in [-0.3, -0.25) is 4.98 Å². The van der Waals surface area contributed by atoms with Gasteiger partial charge in [0, 0.05) is 16.8 Å². The number of nitrogens with two attached hydrogens (primary N) is 1. The van der Waals surface area contributed by atoms with Crippen molar-refractivity contribution in [3.05, 3.63) is 64.7 Å². The largest absolute Gasteiger partial charge is 0.320 e. The lowest BCUT2D eigenvalue weighted by Gasteiger charge is -2.14. The molecule has 0 radical (unpaired) electrons. The van der Waals surface area contributed by atoms with E-state index >= 15 is 0 Å². The van der Waals surface area contributed by atoms with E-state index in [0.717, 1.165) is 6.20 Å². The normalized spacial score (nSPS) is 12.4. The van der Waals surface area contributed by atoms with Crippen molar-refractivity contribution in [3.63, 3.8) is 0 Å². The Kier molecular flexibility index (Phi) is 3.17. The summed E-state index contributed by atoms with van der Waals surface area (Å²) in [6.45, 7) is 0. The standard InChI is InChI=1S/C12H10ClFN2/c13-10-4-2-1-3-8(10)12(15)9-5-6-16-7-11(9)14/h1-7,12H,15H2. The molecule has 0 saturated carbocycles. The highest BCUT2D eigenvalue weighted by atomic mass is 35.5. The van der Waals surface area contributed by atoms with Gasteiger partial charge in [0.1, 0.15) is 5.82 Å². The van der Waals surface area contributed by atoms with Crippen LogP contribution in [-0.2, 0) is 0 Å². The smallest absolute Gasteiger partial charge is 0.146 e. The molecule has 1 aromatic carbocycles. The first-order chi connectivity index (χ1) is 7.70. The first-order valence-corrected chi connectivity index (χ1v) is 5.17. The maximum absolute atomic E-state index is 13.5. The highest BCUT2D eigenvalue weighted by molar-refractivity contribution is 6.31. The van der Waals surface area contributed by atoms with E-state index in [4.69, 9.17) is 17.3 Å². The van der Waals surface area contributed by atoms with Crippen LogP contribution in [0.4, 0.5) is 4.39 Å². The van der Waals surface area contributed by atoms with Crippen LogP contribution in [-0.4, -0.2) is 4.98 Å². The number of pyridine rings is 1. The van der Waals surface area contributed by atoms with E-state index < -0.39 is 11.9 Å². The topological polar surface area (TPSA) is 38.9 Å². The molecule has 0 spiro atoms. The average Bonchev–Trinajstić information content (AvgIpc) is 2.29. The molecule has 0 amide bonds. The van der Waals surface area contributed by atoms with Gasteiger partial charge in [-0.25, -0.2) is 4.39 Å². The summed E-state index contributed by atoms with van der Waals surface area (Å²) in [4.78, 5) is 3.68. The van der Waals surface area contributed by atoms with E-state index in [9.17, 15) is 4.39 Å². The summed E-state index contributed by atoms with van der Waals surface area (Å²) in [6.07, 6.45) is 2.65. The van der Waals surface area contributed by atoms with Crippen molar-refractivity contribution in [2.45, 2.75) is 6.04 Å². The molecule has 2 N–H and O–H groups in total. The molecule has 1 atom stereocenters. The number of aromatic nitrogens is 1. The maximum atomic E-state index is 13.5. The number of rotatable bonds is 2. The van der Waals surface area contributed by atoms with Crippen LogP contribution in [0.3, 0.4) is 0 Å². The lowest BCUT2D eigenvalue weighted by atomic mass is 10.0. The van der Waals surface area contributed by atoms with Crippen molar-refractivity contribution in [2.75, 3.05) is 0 Å². The van der Waals surface area contributed by atoms with Gasteiger partial charge in [0.05, 0.1) is 12.2 Å². The van der Waals surface area contributed by atoms with Gasteiger partial charge in [-0.05, 0) is 17.7 Å². The number of hydrogen-bond donors (Lipinski definition) is 1. The molecule has 1 aromatic heterocycles. The number of hydrogen-bond acceptors (Lipinski definition) is 2. The third-order valence-electron chi connectivity index (χ3n) is 2.38. The third-order valence-corrected chi connectivity index (χ3v) is 2.72. The Balaban J connectivity index is 2.44. The molecule has 0 bridgehead atoms. The molecular formula is C12H10ClFN2. The summed E-state index contributed by atoms with van der Waals surface area (Å²) in [5, 5.41) is 0.534. The van der Waals surface area contributed by atoms with Crippen LogP contribution >= 0.6 is 11.6 Å². The Labute approximate surface area is 97.9 Å². The Morgan fingerprint density at radius 2 is 1.94 bits per heavy atom. The summed E-state index contributed by atoms with van der Waals surface area (Å²) < 4.78 is 13.5. The third kappa shape index (κ3) is 2.05. The number of benzene rings is 1. The lowest BCUT2D eigenvalue weighted by molar-refractivity contribution is 0.593. The summed E-state index contributed by atoms with van der Waals surface area (Å²) in [5.41, 5.74) is 7.06. The summed E-state index contributed by atoms with van der Waals surface area (Å²) in [7, 11) is 0. The minimum Gasteiger partial charge on any atom is -0.320 e. The predicted octanol–water partition coefficient (Wildman–Crippen LogP) is 2.92. The first-order valence-electron chi connectivity index (χ1n) is 4.79. The van der Waals surface area contributed by atoms with E-state index in [2.05, 4.69) is 4.98 Å². The van der Waals surface area contributed by atoms with Crippen molar-refractivity contribution in [1.82, 2.24) is 4.98 Å². The average molecular weight is 237 g/mol. The van der Waals surface area contributed by atoms with Crippen LogP contribution < -0.4 is 5.73 Å². The Hall–Kier alpha value is -1.45. The summed E-state index contributed by atoms with van der Waals surface area (Å²) >= 11 is 6.00. The van der Waals surface area contributed by atoms with E-state index in [1.54, 1.807) is 18.2 Å². The maximum Gasteiger partial charge on any atom is 0.146 e. The molecular weight excluding hydrogens is 227 g/mol. The number of nitrogens with zero attached hydrogens (tertiary/aromatic N) is 1. The van der Waals surface area contributed by atoms with Gasteiger partial charge in [-0.2, -0.15) is 0 Å². The molecule has 1 unspecified atom stereocenters. The minimum absolute atomic E-state index is 0.392. The van der Waals surface area contributed by atoms with Crippen molar-refractivity contribution >= 4 is 11.6 Å². The minimum atomic E-state index is -0.573. The van der Waals surface area contributed by atoms with Gasteiger partial charge in [0.2, 0.25) is 0 Å². The van der Waals surface area contributed by atoms with Gasteiger partial charge in [0.15, 0.2) is 0 Å². The summed E-state index contributed by atoms with van der Waals surface area (Å²) in [6, 6.07) is 8.13. The zero-order chi connectivity index (χ0) is 11.5. The molecule has 2 rings (SSSR count). The van der Waals surface area contributed by atoms with E-state index in [1.807, 2.05) is 12.1 Å². The van der Waals surface area contributed by atoms with Crippen LogP contribution in [0.1, 0.15) is 17.2 Å². The van der Waals surface area contributed by atoms with E-state index in [0.29, 0.717) is 16.1 Å². The van der Waals surface area contributed by atoms with Crippen molar-refractivity contribution in [1.29, 1.82) is 0 Å². The van der Waals surface area contributed by atoms with Crippen LogP contribution in [0, 0.1) is 5.82 Å². The Morgan fingerprint density at radius 3 is 2.62 bits per heavy atom. The van der Waals surface area contributed by atoms with E-state index in [-0.39, 0.29) is 0 Å². The number of halogens is 2. The lowest BCUT2D eigenvalue weighted by Crippen LogP contribution is -2.14. The van der Waals surface area contributed by atoms with E-state index in [1.165, 1.54) is 6.20 Å². The van der Waals surface area contributed by atoms with Crippen molar-refractivity contribution < 1.29 is 4.39 Å². The molecule has 1 heterocycles. The molecule has 82 valence electrons.